The number of carbonyl (C=O) groups excluding carboxylic acids is 1. The lowest BCUT2D eigenvalue weighted by Crippen LogP contribution is -2.50. The molecule has 1 amide bonds. The van der Waals surface area contributed by atoms with E-state index in [1.807, 2.05) is 12.1 Å². The standard InChI is InChI=1S/C25H23ClN4O5S/c26-20-5-6-23-21(15-20)22(16-31)24(27-23)36(34,35)30-13-11-28(12-14-30)25(32)19-3-1-17(2-4-19)18-7-9-29(33)10-8-18/h1-10,15,27,31H,11-14,16H2. The number of H-pyrrole nitrogens is 1. The van der Waals surface area contributed by atoms with Crippen molar-refractivity contribution in [1.29, 1.82) is 0 Å². The number of amides is 1. The largest absolute Gasteiger partial charge is 0.619 e. The van der Waals surface area contributed by atoms with Crippen molar-refractivity contribution in [3.05, 3.63) is 88.3 Å². The lowest BCUT2D eigenvalue weighted by atomic mass is 10.0. The first kappa shape index (κ1) is 24.3. The minimum Gasteiger partial charge on any atom is -0.619 e. The van der Waals surface area contributed by atoms with Gasteiger partial charge in [0.15, 0.2) is 17.4 Å². The van der Waals surface area contributed by atoms with Crippen molar-refractivity contribution in [3.8, 4) is 11.1 Å². The van der Waals surface area contributed by atoms with Crippen molar-refractivity contribution in [2.45, 2.75) is 11.6 Å². The van der Waals surface area contributed by atoms with Crippen LogP contribution in [0.5, 0.6) is 0 Å². The summed E-state index contributed by atoms with van der Waals surface area (Å²) in [4.78, 5) is 17.6. The number of benzene rings is 2. The SMILES string of the molecule is O=C(c1ccc(-c2cc[n+]([O-])cc2)cc1)N1CCN(S(=O)(=O)c2[nH]c3ccc(Cl)cc3c2CO)CC1. The molecule has 0 spiro atoms. The Morgan fingerprint density at radius 1 is 1.00 bits per heavy atom. The van der Waals surface area contributed by atoms with E-state index >= 15 is 0 Å². The van der Waals surface area contributed by atoms with Gasteiger partial charge in [0.2, 0.25) is 0 Å². The summed E-state index contributed by atoms with van der Waals surface area (Å²) >= 11 is 6.06. The van der Waals surface area contributed by atoms with Crippen LogP contribution in [0.1, 0.15) is 15.9 Å². The summed E-state index contributed by atoms with van der Waals surface area (Å²) in [7, 11) is -3.92. The highest BCUT2D eigenvalue weighted by atomic mass is 35.5. The van der Waals surface area contributed by atoms with Gasteiger partial charge in [-0.2, -0.15) is 9.04 Å². The van der Waals surface area contributed by atoms with E-state index in [4.69, 9.17) is 11.6 Å². The highest BCUT2D eigenvalue weighted by Crippen LogP contribution is 2.30. The number of aromatic amines is 1. The van der Waals surface area contributed by atoms with Gasteiger partial charge in [0.25, 0.3) is 15.9 Å². The number of halogens is 1. The van der Waals surface area contributed by atoms with Crippen LogP contribution in [0.4, 0.5) is 0 Å². The number of aliphatic hydroxyl groups excluding tert-OH is 1. The van der Waals surface area contributed by atoms with Gasteiger partial charge in [0, 0.05) is 65.4 Å². The highest BCUT2D eigenvalue weighted by Gasteiger charge is 2.33. The zero-order chi connectivity index (χ0) is 25.4. The van der Waals surface area contributed by atoms with E-state index < -0.39 is 16.6 Å². The van der Waals surface area contributed by atoms with Crippen molar-refractivity contribution >= 4 is 38.4 Å². The molecule has 0 atom stereocenters. The zero-order valence-corrected chi connectivity index (χ0v) is 20.7. The summed E-state index contributed by atoms with van der Waals surface area (Å²) in [5, 5.41) is 22.1. The molecule has 0 saturated carbocycles. The van der Waals surface area contributed by atoms with Gasteiger partial charge in [-0.1, -0.05) is 23.7 Å². The number of sulfonamides is 1. The number of hydrogen-bond donors (Lipinski definition) is 2. The quantitative estimate of drug-likeness (QED) is 0.306. The van der Waals surface area contributed by atoms with Crippen LogP contribution >= 0.6 is 11.6 Å². The molecule has 36 heavy (non-hydrogen) atoms. The Morgan fingerprint density at radius 2 is 1.64 bits per heavy atom. The van der Waals surface area contributed by atoms with E-state index in [0.29, 0.717) is 26.2 Å². The van der Waals surface area contributed by atoms with Crippen molar-refractivity contribution in [2.24, 2.45) is 0 Å². The van der Waals surface area contributed by atoms with Gasteiger partial charge in [-0.25, -0.2) is 8.42 Å². The molecule has 0 unspecified atom stereocenters. The van der Waals surface area contributed by atoms with Gasteiger partial charge in [-0.05, 0) is 41.5 Å². The summed E-state index contributed by atoms with van der Waals surface area (Å²) < 4.78 is 28.8. The second kappa shape index (κ2) is 9.55. The number of aromatic nitrogens is 2. The average molecular weight is 527 g/mol. The molecule has 9 nitrogen and oxygen atoms in total. The minimum atomic E-state index is -3.92. The number of rotatable bonds is 5. The number of nitrogens with zero attached hydrogens (tertiary/aromatic N) is 3. The molecule has 4 aromatic rings. The predicted octanol–water partition coefficient (Wildman–Crippen LogP) is 2.76. The molecule has 186 valence electrons. The summed E-state index contributed by atoms with van der Waals surface area (Å²) in [5.74, 6) is -0.180. The van der Waals surface area contributed by atoms with Gasteiger partial charge < -0.3 is 20.2 Å². The third kappa shape index (κ3) is 4.44. The molecule has 0 aliphatic carbocycles. The van der Waals surface area contributed by atoms with Crippen LogP contribution in [0.25, 0.3) is 22.0 Å². The van der Waals surface area contributed by atoms with Crippen molar-refractivity contribution in [3.63, 3.8) is 0 Å². The number of hydrogen-bond acceptors (Lipinski definition) is 5. The molecule has 11 heteroatoms. The Labute approximate surface area is 212 Å². The maximum atomic E-state index is 13.4. The lowest BCUT2D eigenvalue weighted by Gasteiger charge is -2.34. The highest BCUT2D eigenvalue weighted by molar-refractivity contribution is 7.89. The van der Waals surface area contributed by atoms with Gasteiger partial charge in [0.05, 0.1) is 6.61 Å². The molecule has 5 rings (SSSR count). The van der Waals surface area contributed by atoms with Crippen LogP contribution in [0.3, 0.4) is 0 Å². The molecule has 2 aromatic heterocycles. The molecule has 1 fully saturated rings. The maximum Gasteiger partial charge on any atom is 0.259 e. The maximum absolute atomic E-state index is 13.4. The zero-order valence-electron chi connectivity index (χ0n) is 19.1. The Balaban J connectivity index is 1.29. The van der Waals surface area contributed by atoms with E-state index in [-0.39, 0.29) is 42.7 Å². The van der Waals surface area contributed by atoms with Gasteiger partial charge in [-0.15, -0.1) is 0 Å². The number of piperazine rings is 1. The molecule has 3 heterocycles. The van der Waals surface area contributed by atoms with E-state index in [9.17, 15) is 23.5 Å². The molecule has 1 saturated heterocycles. The first-order valence-corrected chi connectivity index (χ1v) is 13.1. The Morgan fingerprint density at radius 3 is 2.28 bits per heavy atom. The number of carbonyl (C=O) groups is 1. The normalized spacial score (nSPS) is 14.9. The van der Waals surface area contributed by atoms with Gasteiger partial charge in [0.1, 0.15) is 0 Å². The fourth-order valence-electron chi connectivity index (χ4n) is 4.43. The first-order valence-electron chi connectivity index (χ1n) is 11.3. The summed E-state index contributed by atoms with van der Waals surface area (Å²) in [6, 6.07) is 15.4. The molecular formula is C25H23ClN4O5S. The second-order valence-corrected chi connectivity index (χ2v) is 10.8. The predicted molar refractivity (Wildman–Crippen MR) is 135 cm³/mol. The van der Waals surface area contributed by atoms with Crippen LogP contribution in [-0.2, 0) is 16.6 Å². The fraction of sp³-hybridized carbons (Fsp3) is 0.200. The Hall–Kier alpha value is -3.44. The molecule has 1 aliphatic heterocycles. The number of aliphatic hydroxyl groups is 1. The second-order valence-electron chi connectivity index (χ2n) is 8.50. The van der Waals surface area contributed by atoms with E-state index in [1.165, 1.54) is 16.7 Å². The van der Waals surface area contributed by atoms with Crippen LogP contribution in [0.2, 0.25) is 5.02 Å². The number of pyridine rings is 1. The summed E-state index contributed by atoms with van der Waals surface area (Å²) in [6.07, 6.45) is 2.83. The molecule has 2 N–H and O–H groups in total. The van der Waals surface area contributed by atoms with E-state index in [2.05, 4.69) is 4.98 Å². The molecule has 2 aromatic carbocycles. The van der Waals surface area contributed by atoms with Crippen LogP contribution in [-0.4, -0.2) is 59.8 Å². The van der Waals surface area contributed by atoms with Crippen molar-refractivity contribution in [1.82, 2.24) is 14.2 Å². The number of nitrogens with one attached hydrogen (secondary N) is 1. The molecular weight excluding hydrogens is 504 g/mol. The van der Waals surface area contributed by atoms with Gasteiger partial charge >= 0.3 is 0 Å². The molecule has 0 radical (unpaired) electrons. The Bertz CT molecular complexity index is 1530. The van der Waals surface area contributed by atoms with Gasteiger partial charge in [-0.3, -0.25) is 4.79 Å². The third-order valence-corrected chi connectivity index (χ3v) is 8.52. The third-order valence-electron chi connectivity index (χ3n) is 6.38. The fourth-order valence-corrected chi connectivity index (χ4v) is 6.23. The van der Waals surface area contributed by atoms with Crippen molar-refractivity contribution in [2.75, 3.05) is 26.2 Å². The summed E-state index contributed by atoms with van der Waals surface area (Å²) in [6.45, 7) is 0.285. The first-order chi connectivity index (χ1) is 17.3. The molecule has 0 bridgehead atoms. The molecule has 1 aliphatic rings. The topological polar surface area (TPSA) is 121 Å². The summed E-state index contributed by atoms with van der Waals surface area (Å²) in [5.41, 5.74) is 3.08. The lowest BCUT2D eigenvalue weighted by molar-refractivity contribution is -0.605. The van der Waals surface area contributed by atoms with Crippen molar-refractivity contribution < 1.29 is 23.0 Å². The van der Waals surface area contributed by atoms with Crippen LogP contribution in [0.15, 0.2) is 72.0 Å². The minimum absolute atomic E-state index is 0.0546. The van der Waals surface area contributed by atoms with Crippen LogP contribution in [0, 0.1) is 5.21 Å². The Kier molecular flexibility index (Phi) is 6.44. The van der Waals surface area contributed by atoms with E-state index in [1.54, 1.807) is 47.4 Å². The van der Waals surface area contributed by atoms with E-state index in [0.717, 1.165) is 11.1 Å². The smallest absolute Gasteiger partial charge is 0.259 e. The number of fused-ring (bicyclic) bond motifs is 1. The monoisotopic (exact) mass is 526 g/mol. The average Bonchev–Trinajstić information content (AvgIpc) is 3.27. The van der Waals surface area contributed by atoms with Crippen LogP contribution < -0.4 is 4.73 Å².